The molecule has 15 heteroatoms. The van der Waals surface area contributed by atoms with Crippen molar-refractivity contribution in [3.8, 4) is 0 Å². The molecule has 5 rings (SSSR count). The summed E-state index contributed by atoms with van der Waals surface area (Å²) in [5.74, 6) is -1.82. The normalized spacial score (nSPS) is 15.7. The van der Waals surface area contributed by atoms with Crippen LogP contribution in [0, 0.1) is 13.8 Å². The zero-order valence-electron chi connectivity index (χ0n) is 26.6. The van der Waals surface area contributed by atoms with Crippen molar-refractivity contribution in [2.24, 2.45) is 0 Å². The summed E-state index contributed by atoms with van der Waals surface area (Å²) in [5, 5.41) is 6.21. The van der Waals surface area contributed by atoms with E-state index in [1.54, 1.807) is 49.1 Å². The van der Waals surface area contributed by atoms with Gasteiger partial charge in [0.05, 0.1) is 21.8 Å². The number of nitrogens with zero attached hydrogens (tertiary/aromatic N) is 2. The number of benzene rings is 2. The van der Waals surface area contributed by atoms with Gasteiger partial charge in [-0.2, -0.15) is 0 Å². The summed E-state index contributed by atoms with van der Waals surface area (Å²) in [6.07, 6.45) is 1.61. The van der Waals surface area contributed by atoms with Crippen LogP contribution in [-0.2, 0) is 34.7 Å². The van der Waals surface area contributed by atoms with Gasteiger partial charge in [0.25, 0.3) is 17.7 Å². The molecule has 0 radical (unpaired) electrons. The summed E-state index contributed by atoms with van der Waals surface area (Å²) < 4.78 is 31.5. The van der Waals surface area contributed by atoms with Crippen LogP contribution in [0.2, 0.25) is 10.0 Å². The van der Waals surface area contributed by atoms with Crippen LogP contribution in [0.4, 0.5) is 5.69 Å². The van der Waals surface area contributed by atoms with Crippen LogP contribution in [0.5, 0.6) is 0 Å². The molecule has 0 unspecified atom stereocenters. The molecule has 3 aromatic rings. The second kappa shape index (κ2) is 14.5. The van der Waals surface area contributed by atoms with E-state index in [1.165, 1.54) is 19.1 Å². The average Bonchev–Trinajstić information content (AvgIpc) is 3.51. The first-order chi connectivity index (χ1) is 22.7. The zero-order valence-corrected chi connectivity index (χ0v) is 28.9. The molecule has 1 fully saturated rings. The van der Waals surface area contributed by atoms with E-state index in [2.05, 4.69) is 20.5 Å². The van der Waals surface area contributed by atoms with Gasteiger partial charge >= 0.3 is 5.97 Å². The number of carbonyl (C=O) groups excluding carboxylic acids is 4. The van der Waals surface area contributed by atoms with E-state index in [1.807, 2.05) is 0 Å². The van der Waals surface area contributed by atoms with E-state index in [-0.39, 0.29) is 38.9 Å². The number of ether oxygens (including phenoxy) is 1. The highest BCUT2D eigenvalue weighted by molar-refractivity contribution is 7.90. The minimum Gasteiger partial charge on any atom is -0.456 e. The maximum Gasteiger partial charge on any atom is 0.303 e. The number of rotatable bonds is 10. The van der Waals surface area contributed by atoms with Gasteiger partial charge in [0.15, 0.2) is 16.4 Å². The third-order valence-electron chi connectivity index (χ3n) is 8.36. The highest BCUT2D eigenvalue weighted by atomic mass is 35.5. The molecule has 0 atom stereocenters. The average molecular weight is 717 g/mol. The molecule has 3 N–H and O–H groups in total. The van der Waals surface area contributed by atoms with Gasteiger partial charge in [-0.1, -0.05) is 29.3 Å². The van der Waals surface area contributed by atoms with Crippen molar-refractivity contribution < 1.29 is 32.3 Å². The Morgan fingerprint density at radius 1 is 1.04 bits per heavy atom. The molecule has 3 amide bonds. The number of esters is 1. The molecular weight excluding hydrogens is 681 g/mol. The SMILES string of the molecule is CC(=O)OCC(=O)N1CCN(CCNC(=O)c2c(C)[nH]c(/C=C3\C(=O)Nc4ccc(S(=O)(=O)Cc5c(Cl)cccc5Cl)cc43)c2C)CC1. The van der Waals surface area contributed by atoms with Crippen molar-refractivity contribution in [3.63, 3.8) is 0 Å². The van der Waals surface area contributed by atoms with Gasteiger partial charge in [0, 0.05) is 84.4 Å². The van der Waals surface area contributed by atoms with Crippen molar-refractivity contribution >= 4 is 74.1 Å². The van der Waals surface area contributed by atoms with Gasteiger partial charge in [-0.25, -0.2) is 8.42 Å². The Hall–Kier alpha value is -4.17. The van der Waals surface area contributed by atoms with Crippen molar-refractivity contribution in [1.82, 2.24) is 20.1 Å². The Morgan fingerprint density at radius 2 is 1.73 bits per heavy atom. The van der Waals surface area contributed by atoms with Crippen LogP contribution in [0.15, 0.2) is 41.3 Å². The van der Waals surface area contributed by atoms with Gasteiger partial charge in [-0.05, 0) is 55.8 Å². The summed E-state index contributed by atoms with van der Waals surface area (Å²) in [5.41, 5.74) is 3.67. The first kappa shape index (κ1) is 35.1. The number of aromatic amines is 1. The summed E-state index contributed by atoms with van der Waals surface area (Å²) in [6.45, 7) is 7.76. The predicted molar refractivity (Wildman–Crippen MR) is 183 cm³/mol. The molecule has 1 saturated heterocycles. The number of halogens is 2. The zero-order chi connectivity index (χ0) is 34.7. The molecule has 2 aliphatic heterocycles. The van der Waals surface area contributed by atoms with Crippen LogP contribution in [0.25, 0.3) is 11.6 Å². The molecule has 3 heterocycles. The van der Waals surface area contributed by atoms with E-state index < -0.39 is 27.5 Å². The fraction of sp³-hybridized carbons (Fsp3) is 0.333. The summed E-state index contributed by atoms with van der Waals surface area (Å²) >= 11 is 12.5. The number of H-pyrrole nitrogens is 1. The Morgan fingerprint density at radius 3 is 2.40 bits per heavy atom. The number of carbonyl (C=O) groups is 4. The van der Waals surface area contributed by atoms with E-state index in [9.17, 15) is 27.6 Å². The van der Waals surface area contributed by atoms with Crippen LogP contribution in [0.3, 0.4) is 0 Å². The van der Waals surface area contributed by atoms with Crippen LogP contribution in [-0.4, -0.2) is 92.8 Å². The molecule has 0 bridgehead atoms. The maximum atomic E-state index is 13.4. The quantitative estimate of drug-likeness (QED) is 0.211. The molecule has 48 heavy (non-hydrogen) atoms. The van der Waals surface area contributed by atoms with E-state index in [0.29, 0.717) is 78.6 Å². The topological polar surface area (TPSA) is 158 Å². The Balaban J connectivity index is 1.25. The highest BCUT2D eigenvalue weighted by Crippen LogP contribution is 2.37. The number of hydrogen-bond donors (Lipinski definition) is 3. The molecule has 1 aromatic heterocycles. The van der Waals surface area contributed by atoms with E-state index in [4.69, 9.17) is 27.9 Å². The lowest BCUT2D eigenvalue weighted by molar-refractivity contribution is -0.151. The Bertz CT molecular complexity index is 1910. The molecular formula is C33H35Cl2N5O7S. The van der Waals surface area contributed by atoms with E-state index >= 15 is 0 Å². The standard InChI is InChI=1S/C33H35Cl2N5O7S/c1-19-29(37-20(2)31(19)33(44)36-9-10-39-11-13-40(14-12-39)30(42)17-47-21(3)41)16-24-23-15-22(7-8-28(23)38-32(24)43)48(45,46)18-25-26(34)5-4-6-27(25)35/h4-8,15-16,37H,9-14,17-18H2,1-3H3,(H,36,44)(H,38,43)/b24-16-. The number of aromatic nitrogens is 1. The van der Waals surface area contributed by atoms with E-state index in [0.717, 1.165) is 0 Å². The summed E-state index contributed by atoms with van der Waals surface area (Å²) in [6, 6.07) is 9.21. The van der Waals surface area contributed by atoms with Gasteiger partial charge in [0.2, 0.25) is 0 Å². The van der Waals surface area contributed by atoms with Crippen LogP contribution in [0.1, 0.15) is 45.4 Å². The van der Waals surface area contributed by atoms with Crippen molar-refractivity contribution in [2.45, 2.75) is 31.4 Å². The molecule has 0 aliphatic carbocycles. The first-order valence-corrected chi connectivity index (χ1v) is 17.6. The second-order valence-corrected chi connectivity index (χ2v) is 14.4. The third-order valence-corrected chi connectivity index (χ3v) is 10.7. The number of aryl methyl sites for hydroxylation is 1. The third kappa shape index (κ3) is 7.75. The first-order valence-electron chi connectivity index (χ1n) is 15.2. The number of nitrogens with one attached hydrogen (secondary N) is 3. The van der Waals surface area contributed by atoms with Crippen molar-refractivity contribution in [3.05, 3.63) is 80.1 Å². The van der Waals surface area contributed by atoms with Crippen LogP contribution < -0.4 is 10.6 Å². The molecule has 254 valence electrons. The Kier molecular flexibility index (Phi) is 10.6. The number of fused-ring (bicyclic) bond motifs is 1. The number of sulfone groups is 1. The van der Waals surface area contributed by atoms with Gasteiger partial charge < -0.3 is 25.3 Å². The summed E-state index contributed by atoms with van der Waals surface area (Å²) in [4.78, 5) is 56.4. The fourth-order valence-corrected chi connectivity index (χ4v) is 7.86. The molecule has 0 spiro atoms. The molecule has 0 saturated carbocycles. The van der Waals surface area contributed by atoms with Gasteiger partial charge in [-0.3, -0.25) is 24.1 Å². The van der Waals surface area contributed by atoms with Gasteiger partial charge in [0.1, 0.15) is 0 Å². The van der Waals surface area contributed by atoms with Crippen molar-refractivity contribution in [1.29, 1.82) is 0 Å². The number of amides is 3. The molecule has 2 aliphatic rings. The van der Waals surface area contributed by atoms with Gasteiger partial charge in [-0.15, -0.1) is 0 Å². The fourth-order valence-electron chi connectivity index (χ4n) is 5.74. The highest BCUT2D eigenvalue weighted by Gasteiger charge is 2.29. The largest absolute Gasteiger partial charge is 0.456 e. The second-order valence-electron chi connectivity index (χ2n) is 11.6. The predicted octanol–water partition coefficient (Wildman–Crippen LogP) is 3.84. The monoisotopic (exact) mass is 715 g/mol. The minimum absolute atomic E-state index is 0.00843. The molecule has 2 aromatic carbocycles. The lowest BCUT2D eigenvalue weighted by Gasteiger charge is -2.34. The lowest BCUT2D eigenvalue weighted by atomic mass is 10.0. The molecule has 12 nitrogen and oxygen atoms in total. The van der Waals surface area contributed by atoms with Crippen LogP contribution >= 0.6 is 23.2 Å². The maximum absolute atomic E-state index is 13.4. The smallest absolute Gasteiger partial charge is 0.303 e. The summed E-state index contributed by atoms with van der Waals surface area (Å²) in [7, 11) is -3.88. The Labute approximate surface area is 288 Å². The number of piperazine rings is 1. The lowest BCUT2D eigenvalue weighted by Crippen LogP contribution is -2.51. The van der Waals surface area contributed by atoms with Crippen molar-refractivity contribution in [2.75, 3.05) is 51.2 Å². The number of hydrogen-bond acceptors (Lipinski definition) is 8. The minimum atomic E-state index is -3.88. The number of anilines is 1.